The number of benzene rings is 1. The molecule has 1 aliphatic heterocycles. The maximum absolute atomic E-state index is 12.8. The van der Waals surface area contributed by atoms with E-state index in [4.69, 9.17) is 0 Å². The molecule has 96 valence electrons. The van der Waals surface area contributed by atoms with Crippen LogP contribution < -0.4 is 0 Å². The Labute approximate surface area is 110 Å². The van der Waals surface area contributed by atoms with Gasteiger partial charge in [0.2, 0.25) is 0 Å². The van der Waals surface area contributed by atoms with Gasteiger partial charge in [-0.05, 0) is 24.3 Å². The van der Waals surface area contributed by atoms with E-state index < -0.39 is 0 Å². The molecule has 1 saturated heterocycles. The van der Waals surface area contributed by atoms with Gasteiger partial charge in [0, 0.05) is 31.7 Å². The number of halogens is 1. The molecular formula is C12H13FN2O2S. The average Bonchev–Trinajstić information content (AvgIpc) is 2.39. The highest BCUT2D eigenvalue weighted by atomic mass is 32.1. The summed E-state index contributed by atoms with van der Waals surface area (Å²) in [7, 11) is 0. The first-order chi connectivity index (χ1) is 8.58. The van der Waals surface area contributed by atoms with Gasteiger partial charge >= 0.3 is 0 Å². The van der Waals surface area contributed by atoms with Crippen molar-refractivity contribution in [1.82, 2.24) is 9.80 Å². The molecule has 0 aromatic heterocycles. The lowest BCUT2D eigenvalue weighted by molar-refractivity contribution is 0.0677. The number of thiol groups is 1. The minimum absolute atomic E-state index is 0.138. The van der Waals surface area contributed by atoms with Crippen molar-refractivity contribution in [3.8, 4) is 0 Å². The Kier molecular flexibility index (Phi) is 3.86. The van der Waals surface area contributed by atoms with Gasteiger partial charge in [-0.1, -0.05) is 12.6 Å². The van der Waals surface area contributed by atoms with E-state index in [1.165, 1.54) is 24.3 Å². The largest absolute Gasteiger partial charge is 0.335 e. The first kappa shape index (κ1) is 12.9. The Morgan fingerprint density at radius 1 is 1.00 bits per heavy atom. The minimum Gasteiger partial charge on any atom is -0.335 e. The van der Waals surface area contributed by atoms with Gasteiger partial charge in [-0.2, -0.15) is 0 Å². The van der Waals surface area contributed by atoms with E-state index in [2.05, 4.69) is 12.6 Å². The number of carbonyl (C=O) groups excluding carboxylic acids is 2. The van der Waals surface area contributed by atoms with Crippen LogP contribution in [0.5, 0.6) is 0 Å². The van der Waals surface area contributed by atoms with E-state index in [1.807, 2.05) is 0 Å². The quantitative estimate of drug-likeness (QED) is 0.787. The summed E-state index contributed by atoms with van der Waals surface area (Å²) in [6.45, 7) is 1.91. The molecule has 1 aromatic carbocycles. The van der Waals surface area contributed by atoms with Crippen LogP contribution in [0, 0.1) is 5.82 Å². The van der Waals surface area contributed by atoms with Crippen molar-refractivity contribution in [3.05, 3.63) is 35.6 Å². The Bertz CT molecular complexity index is 456. The second kappa shape index (κ2) is 5.39. The lowest BCUT2D eigenvalue weighted by Crippen LogP contribution is -2.49. The van der Waals surface area contributed by atoms with Gasteiger partial charge in [0.1, 0.15) is 5.82 Å². The lowest BCUT2D eigenvalue weighted by atomic mass is 10.2. The van der Waals surface area contributed by atoms with E-state index in [-0.39, 0.29) is 17.0 Å². The van der Waals surface area contributed by atoms with Crippen LogP contribution in [0.3, 0.4) is 0 Å². The summed E-state index contributed by atoms with van der Waals surface area (Å²) in [6.07, 6.45) is 0. The highest BCUT2D eigenvalue weighted by Crippen LogP contribution is 2.10. The third-order valence-corrected chi connectivity index (χ3v) is 3.21. The third kappa shape index (κ3) is 2.81. The van der Waals surface area contributed by atoms with Crippen LogP contribution >= 0.6 is 12.6 Å². The molecule has 1 fully saturated rings. The van der Waals surface area contributed by atoms with E-state index in [0.717, 1.165) is 0 Å². The van der Waals surface area contributed by atoms with Crippen LogP contribution in [0.15, 0.2) is 24.3 Å². The molecule has 18 heavy (non-hydrogen) atoms. The standard InChI is InChI=1S/C12H13FN2O2S/c13-10-3-1-9(2-4-10)11(16)14-5-7-15(8-6-14)12(17)18/h1-4H,5-8H2,(H,17,18). The Hall–Kier alpha value is -1.56. The highest BCUT2D eigenvalue weighted by Gasteiger charge is 2.23. The molecule has 0 radical (unpaired) electrons. The predicted molar refractivity (Wildman–Crippen MR) is 68.3 cm³/mol. The second-order valence-electron chi connectivity index (χ2n) is 4.07. The van der Waals surface area contributed by atoms with Gasteiger partial charge in [0.05, 0.1) is 0 Å². The summed E-state index contributed by atoms with van der Waals surface area (Å²) in [5.41, 5.74) is 0.460. The van der Waals surface area contributed by atoms with Crippen LogP contribution in [-0.2, 0) is 0 Å². The van der Waals surface area contributed by atoms with Crippen molar-refractivity contribution in [2.24, 2.45) is 0 Å². The fourth-order valence-corrected chi connectivity index (χ4v) is 2.08. The molecule has 0 unspecified atom stereocenters. The fraction of sp³-hybridized carbons (Fsp3) is 0.333. The van der Waals surface area contributed by atoms with Gasteiger partial charge in [-0.3, -0.25) is 9.59 Å². The molecule has 6 heteroatoms. The van der Waals surface area contributed by atoms with Crippen molar-refractivity contribution in [2.75, 3.05) is 26.2 Å². The molecule has 1 aromatic rings. The molecule has 1 heterocycles. The van der Waals surface area contributed by atoms with E-state index in [0.29, 0.717) is 31.7 Å². The van der Waals surface area contributed by atoms with Gasteiger partial charge in [0.25, 0.3) is 11.1 Å². The predicted octanol–water partition coefficient (Wildman–Crippen LogP) is 1.63. The maximum Gasteiger partial charge on any atom is 0.278 e. The van der Waals surface area contributed by atoms with Gasteiger partial charge < -0.3 is 9.80 Å². The molecule has 0 atom stereocenters. The van der Waals surface area contributed by atoms with Gasteiger partial charge in [0.15, 0.2) is 0 Å². The van der Waals surface area contributed by atoms with Crippen LogP contribution in [-0.4, -0.2) is 47.1 Å². The summed E-state index contributed by atoms with van der Waals surface area (Å²) in [5.74, 6) is -0.502. The van der Waals surface area contributed by atoms with Crippen LogP contribution in [0.1, 0.15) is 10.4 Å². The van der Waals surface area contributed by atoms with E-state index >= 15 is 0 Å². The fourth-order valence-electron chi connectivity index (χ4n) is 1.88. The molecule has 0 spiro atoms. The number of piperazine rings is 1. The smallest absolute Gasteiger partial charge is 0.278 e. The van der Waals surface area contributed by atoms with Gasteiger partial charge in [-0.15, -0.1) is 0 Å². The molecule has 4 nitrogen and oxygen atoms in total. The molecule has 0 N–H and O–H groups in total. The summed E-state index contributed by atoms with van der Waals surface area (Å²) in [6, 6.07) is 5.46. The molecule has 0 bridgehead atoms. The lowest BCUT2D eigenvalue weighted by Gasteiger charge is -2.33. The van der Waals surface area contributed by atoms with Crippen molar-refractivity contribution in [3.63, 3.8) is 0 Å². The summed E-state index contributed by atoms with van der Waals surface area (Å²) in [5, 5.41) is -0.274. The summed E-state index contributed by atoms with van der Waals surface area (Å²) < 4.78 is 12.8. The van der Waals surface area contributed by atoms with Crippen LogP contribution in [0.25, 0.3) is 0 Å². The van der Waals surface area contributed by atoms with Gasteiger partial charge in [-0.25, -0.2) is 4.39 Å². The highest BCUT2D eigenvalue weighted by molar-refractivity contribution is 7.96. The van der Waals surface area contributed by atoms with E-state index in [1.54, 1.807) is 9.80 Å². The zero-order valence-electron chi connectivity index (χ0n) is 9.67. The first-order valence-electron chi connectivity index (χ1n) is 5.60. The van der Waals surface area contributed by atoms with Crippen LogP contribution in [0.4, 0.5) is 9.18 Å². The monoisotopic (exact) mass is 268 g/mol. The normalized spacial score (nSPS) is 15.7. The SMILES string of the molecule is O=C(S)N1CCN(C(=O)c2ccc(F)cc2)CC1. The average molecular weight is 268 g/mol. The van der Waals surface area contributed by atoms with Crippen molar-refractivity contribution >= 4 is 23.8 Å². The molecule has 2 rings (SSSR count). The number of amides is 2. The zero-order chi connectivity index (χ0) is 13.1. The summed E-state index contributed by atoms with van der Waals surface area (Å²) in [4.78, 5) is 26.3. The molecule has 0 aliphatic carbocycles. The zero-order valence-corrected chi connectivity index (χ0v) is 10.6. The topological polar surface area (TPSA) is 40.6 Å². The second-order valence-corrected chi connectivity index (χ2v) is 4.45. The Morgan fingerprint density at radius 3 is 2.00 bits per heavy atom. The Morgan fingerprint density at radius 2 is 1.50 bits per heavy atom. The molecule has 1 aliphatic rings. The van der Waals surface area contributed by atoms with Crippen molar-refractivity contribution in [1.29, 1.82) is 0 Å². The number of carbonyl (C=O) groups is 2. The van der Waals surface area contributed by atoms with Crippen LogP contribution in [0.2, 0.25) is 0 Å². The molecular weight excluding hydrogens is 255 g/mol. The first-order valence-corrected chi connectivity index (χ1v) is 6.05. The van der Waals surface area contributed by atoms with Crippen molar-refractivity contribution < 1.29 is 14.0 Å². The van der Waals surface area contributed by atoms with E-state index in [9.17, 15) is 14.0 Å². The number of rotatable bonds is 1. The summed E-state index contributed by atoms with van der Waals surface area (Å²) >= 11 is 3.75. The van der Waals surface area contributed by atoms with Crippen molar-refractivity contribution in [2.45, 2.75) is 0 Å². The number of hydrogen-bond acceptors (Lipinski definition) is 2. The Balaban J connectivity index is 1.99. The number of hydrogen-bond donors (Lipinski definition) is 1. The molecule has 2 amide bonds. The third-order valence-electron chi connectivity index (χ3n) is 2.93. The molecule has 0 saturated carbocycles. The minimum atomic E-state index is -0.364. The maximum atomic E-state index is 12.8. The number of nitrogens with zero attached hydrogens (tertiary/aromatic N) is 2.